The Morgan fingerprint density at radius 2 is 2.15 bits per heavy atom. The van der Waals surface area contributed by atoms with E-state index in [9.17, 15) is 4.79 Å². The molecule has 2 aromatic rings. The molecule has 1 aliphatic heterocycles. The number of piperidine rings is 1. The molecule has 1 amide bonds. The lowest BCUT2D eigenvalue weighted by molar-refractivity contribution is 0.0668. The van der Waals surface area contributed by atoms with Crippen LogP contribution < -0.4 is 5.73 Å². The zero-order valence-electron chi connectivity index (χ0n) is 11.6. The first-order valence-corrected chi connectivity index (χ1v) is 7.05. The summed E-state index contributed by atoms with van der Waals surface area (Å²) >= 11 is 0. The molecule has 104 valence electrons. The summed E-state index contributed by atoms with van der Waals surface area (Å²) in [5.41, 5.74) is 6.62. The molecule has 2 unspecified atom stereocenters. The fraction of sp³-hybridized carbons (Fsp3) is 0.375. The Bertz CT molecular complexity index is 635. The fourth-order valence-electron chi connectivity index (χ4n) is 2.72. The lowest BCUT2D eigenvalue weighted by Gasteiger charge is -2.35. The van der Waals surface area contributed by atoms with E-state index < -0.39 is 0 Å². The zero-order chi connectivity index (χ0) is 14.1. The van der Waals surface area contributed by atoms with Gasteiger partial charge in [0.15, 0.2) is 0 Å². The van der Waals surface area contributed by atoms with Gasteiger partial charge in [0.1, 0.15) is 5.69 Å². The third-order valence-corrected chi connectivity index (χ3v) is 4.18. The Hall–Kier alpha value is -1.94. The second-order valence-corrected chi connectivity index (χ2v) is 5.56. The van der Waals surface area contributed by atoms with Crippen molar-refractivity contribution in [3.05, 3.63) is 42.2 Å². The van der Waals surface area contributed by atoms with Gasteiger partial charge in [-0.15, -0.1) is 0 Å². The van der Waals surface area contributed by atoms with Crippen LogP contribution in [0.5, 0.6) is 0 Å². The molecule has 2 heterocycles. The lowest BCUT2D eigenvalue weighted by Crippen LogP contribution is -2.49. The van der Waals surface area contributed by atoms with Gasteiger partial charge in [0.05, 0.1) is 0 Å². The molecule has 2 atom stereocenters. The second kappa shape index (κ2) is 5.21. The number of benzene rings is 1. The number of fused-ring (bicyclic) bond motifs is 1. The number of carbonyl (C=O) groups excluding carboxylic acids is 1. The second-order valence-electron chi connectivity index (χ2n) is 5.56. The number of hydrogen-bond donors (Lipinski definition) is 1. The van der Waals surface area contributed by atoms with E-state index in [4.69, 9.17) is 5.73 Å². The molecule has 1 aromatic heterocycles. The molecule has 0 bridgehead atoms. The molecule has 4 nitrogen and oxygen atoms in total. The normalized spacial score (nSPS) is 23.0. The van der Waals surface area contributed by atoms with E-state index in [0.29, 0.717) is 18.2 Å². The van der Waals surface area contributed by atoms with E-state index in [1.165, 1.54) is 0 Å². The molecule has 20 heavy (non-hydrogen) atoms. The number of aromatic nitrogens is 1. The van der Waals surface area contributed by atoms with E-state index in [2.05, 4.69) is 11.9 Å². The van der Waals surface area contributed by atoms with E-state index in [1.54, 1.807) is 6.20 Å². The monoisotopic (exact) mass is 269 g/mol. The lowest BCUT2D eigenvalue weighted by atomic mass is 9.94. The van der Waals surface area contributed by atoms with Gasteiger partial charge in [0.2, 0.25) is 0 Å². The van der Waals surface area contributed by atoms with Crippen LogP contribution in [-0.4, -0.2) is 34.9 Å². The third kappa shape index (κ3) is 2.27. The van der Waals surface area contributed by atoms with Crippen LogP contribution in [0.2, 0.25) is 0 Å². The molecule has 0 spiro atoms. The molecule has 3 rings (SSSR count). The van der Waals surface area contributed by atoms with Gasteiger partial charge in [0.25, 0.3) is 5.91 Å². The summed E-state index contributed by atoms with van der Waals surface area (Å²) < 4.78 is 0. The summed E-state index contributed by atoms with van der Waals surface area (Å²) in [6, 6.07) is 9.83. The van der Waals surface area contributed by atoms with Crippen molar-refractivity contribution in [1.29, 1.82) is 0 Å². The standard InChI is InChI=1S/C16H19N3O/c1-11-7-9-19(10-14(11)17)16(20)15-13-5-3-2-4-12(13)6-8-18-15/h2-6,8,11,14H,7,9-10,17H2,1H3. The maximum absolute atomic E-state index is 12.7. The molecular weight excluding hydrogens is 250 g/mol. The van der Waals surface area contributed by atoms with Crippen molar-refractivity contribution in [3.8, 4) is 0 Å². The number of amides is 1. The maximum Gasteiger partial charge on any atom is 0.273 e. The molecule has 0 saturated carbocycles. The number of rotatable bonds is 1. The van der Waals surface area contributed by atoms with Gasteiger partial charge < -0.3 is 10.6 Å². The van der Waals surface area contributed by atoms with Gasteiger partial charge in [-0.05, 0) is 23.8 Å². The summed E-state index contributed by atoms with van der Waals surface area (Å²) in [4.78, 5) is 18.8. The summed E-state index contributed by atoms with van der Waals surface area (Å²) in [7, 11) is 0. The molecule has 1 aromatic carbocycles. The van der Waals surface area contributed by atoms with Gasteiger partial charge in [0, 0.05) is 30.7 Å². The quantitative estimate of drug-likeness (QED) is 0.862. The van der Waals surface area contributed by atoms with Crippen molar-refractivity contribution in [3.63, 3.8) is 0 Å². The summed E-state index contributed by atoms with van der Waals surface area (Å²) in [6.45, 7) is 3.52. The van der Waals surface area contributed by atoms with Crippen LogP contribution in [0, 0.1) is 5.92 Å². The number of carbonyl (C=O) groups is 1. The number of nitrogens with two attached hydrogens (primary N) is 1. The molecule has 1 saturated heterocycles. The van der Waals surface area contributed by atoms with Gasteiger partial charge in [-0.1, -0.05) is 31.2 Å². The van der Waals surface area contributed by atoms with Crippen LogP contribution >= 0.6 is 0 Å². The fourth-order valence-corrected chi connectivity index (χ4v) is 2.72. The Balaban J connectivity index is 1.93. The minimum Gasteiger partial charge on any atom is -0.336 e. The van der Waals surface area contributed by atoms with E-state index in [1.807, 2.05) is 35.2 Å². The number of likely N-dealkylation sites (tertiary alicyclic amines) is 1. The Morgan fingerprint density at radius 1 is 1.35 bits per heavy atom. The average Bonchev–Trinajstić information content (AvgIpc) is 2.49. The van der Waals surface area contributed by atoms with E-state index in [0.717, 1.165) is 23.7 Å². The Morgan fingerprint density at radius 3 is 2.95 bits per heavy atom. The number of hydrogen-bond acceptors (Lipinski definition) is 3. The highest BCUT2D eigenvalue weighted by molar-refractivity contribution is 6.05. The van der Waals surface area contributed by atoms with Crippen molar-refractivity contribution < 1.29 is 4.79 Å². The van der Waals surface area contributed by atoms with Gasteiger partial charge in [-0.25, -0.2) is 0 Å². The Kier molecular flexibility index (Phi) is 3.40. The van der Waals surface area contributed by atoms with Crippen LogP contribution in [0.15, 0.2) is 36.5 Å². The minimum absolute atomic E-state index is 0.0100. The smallest absolute Gasteiger partial charge is 0.273 e. The highest BCUT2D eigenvalue weighted by Crippen LogP contribution is 2.21. The third-order valence-electron chi connectivity index (χ3n) is 4.18. The first-order chi connectivity index (χ1) is 9.66. The zero-order valence-corrected chi connectivity index (χ0v) is 11.6. The van der Waals surface area contributed by atoms with Crippen molar-refractivity contribution in [2.45, 2.75) is 19.4 Å². The number of pyridine rings is 1. The van der Waals surface area contributed by atoms with E-state index >= 15 is 0 Å². The molecule has 1 fully saturated rings. The molecule has 0 radical (unpaired) electrons. The predicted molar refractivity (Wildman–Crippen MR) is 79.4 cm³/mol. The SMILES string of the molecule is CC1CCN(C(=O)c2nccc3ccccc23)CC1N. The van der Waals surface area contributed by atoms with Crippen molar-refractivity contribution >= 4 is 16.7 Å². The van der Waals surface area contributed by atoms with Gasteiger partial charge >= 0.3 is 0 Å². The van der Waals surface area contributed by atoms with Gasteiger partial charge in [-0.3, -0.25) is 9.78 Å². The summed E-state index contributed by atoms with van der Waals surface area (Å²) in [6.07, 6.45) is 2.65. The van der Waals surface area contributed by atoms with E-state index in [-0.39, 0.29) is 11.9 Å². The van der Waals surface area contributed by atoms with Crippen LogP contribution in [0.4, 0.5) is 0 Å². The molecular formula is C16H19N3O. The largest absolute Gasteiger partial charge is 0.336 e. The minimum atomic E-state index is -0.0100. The summed E-state index contributed by atoms with van der Waals surface area (Å²) in [5, 5.41) is 1.95. The van der Waals surface area contributed by atoms with Crippen LogP contribution in [0.1, 0.15) is 23.8 Å². The molecule has 2 N–H and O–H groups in total. The molecule has 1 aliphatic rings. The predicted octanol–water partition coefficient (Wildman–Crippen LogP) is 2.04. The van der Waals surface area contributed by atoms with Crippen molar-refractivity contribution in [2.75, 3.05) is 13.1 Å². The molecule has 4 heteroatoms. The van der Waals surface area contributed by atoms with Crippen LogP contribution in [-0.2, 0) is 0 Å². The summed E-state index contributed by atoms with van der Waals surface area (Å²) in [5.74, 6) is 0.462. The van der Waals surface area contributed by atoms with Crippen LogP contribution in [0.3, 0.4) is 0 Å². The first-order valence-electron chi connectivity index (χ1n) is 7.05. The van der Waals surface area contributed by atoms with Gasteiger partial charge in [-0.2, -0.15) is 0 Å². The Labute approximate surface area is 118 Å². The van der Waals surface area contributed by atoms with Crippen LogP contribution in [0.25, 0.3) is 10.8 Å². The maximum atomic E-state index is 12.7. The highest BCUT2D eigenvalue weighted by Gasteiger charge is 2.28. The highest BCUT2D eigenvalue weighted by atomic mass is 16.2. The molecule has 0 aliphatic carbocycles. The van der Waals surface area contributed by atoms with Crippen molar-refractivity contribution in [1.82, 2.24) is 9.88 Å². The topological polar surface area (TPSA) is 59.2 Å². The van der Waals surface area contributed by atoms with Crippen molar-refractivity contribution in [2.24, 2.45) is 11.7 Å². The first kappa shape index (κ1) is 13.1. The average molecular weight is 269 g/mol. The number of nitrogens with zero attached hydrogens (tertiary/aromatic N) is 2.